The van der Waals surface area contributed by atoms with Crippen LogP contribution in [0.25, 0.3) is 0 Å². The van der Waals surface area contributed by atoms with Crippen molar-refractivity contribution in [1.82, 2.24) is 9.97 Å². The van der Waals surface area contributed by atoms with E-state index in [1.807, 2.05) is 11.8 Å². The van der Waals surface area contributed by atoms with Crippen LogP contribution in [-0.4, -0.2) is 35.6 Å². The molecule has 1 rings (SSSR count). The largest absolute Gasteiger partial charge is 0.494 e. The third-order valence-electron chi connectivity index (χ3n) is 1.67. The van der Waals surface area contributed by atoms with Gasteiger partial charge in [0.05, 0.1) is 19.5 Å². The molecular weight excluding hydrogens is 198 g/mol. The van der Waals surface area contributed by atoms with Gasteiger partial charge in [-0.2, -0.15) is 11.8 Å². The summed E-state index contributed by atoms with van der Waals surface area (Å²) in [5.41, 5.74) is 0. The highest BCUT2D eigenvalue weighted by molar-refractivity contribution is 7.98. The summed E-state index contributed by atoms with van der Waals surface area (Å²) in [6.07, 6.45) is 6.54. The molecule has 0 spiro atoms. The third kappa shape index (κ3) is 3.83. The number of methoxy groups -OCH3 is 1. The average Bonchev–Trinajstić information content (AvgIpc) is 2.25. The molecule has 0 saturated heterocycles. The van der Waals surface area contributed by atoms with Crippen LogP contribution in [0.1, 0.15) is 6.42 Å². The highest BCUT2D eigenvalue weighted by Gasteiger charge is 1.95. The standard InChI is InChI=1S/C9H15N3OS/c1-13-8-6-11-9(12-7-8)10-4-3-5-14-2/h6-7H,3-5H2,1-2H3,(H,10,11,12). The van der Waals surface area contributed by atoms with Gasteiger partial charge in [-0.3, -0.25) is 0 Å². The number of thioether (sulfide) groups is 1. The molecule has 0 radical (unpaired) electrons. The Balaban J connectivity index is 2.29. The Hall–Kier alpha value is -0.970. The lowest BCUT2D eigenvalue weighted by atomic mass is 10.5. The van der Waals surface area contributed by atoms with E-state index in [0.29, 0.717) is 11.7 Å². The van der Waals surface area contributed by atoms with Gasteiger partial charge in [0.1, 0.15) is 0 Å². The van der Waals surface area contributed by atoms with Gasteiger partial charge in [-0.25, -0.2) is 9.97 Å². The molecule has 1 aromatic heterocycles. The quantitative estimate of drug-likeness (QED) is 0.728. The normalized spacial score (nSPS) is 9.86. The number of nitrogens with one attached hydrogen (secondary N) is 1. The van der Waals surface area contributed by atoms with Crippen molar-refractivity contribution < 1.29 is 4.74 Å². The molecule has 0 saturated carbocycles. The van der Waals surface area contributed by atoms with Crippen LogP contribution in [-0.2, 0) is 0 Å². The smallest absolute Gasteiger partial charge is 0.222 e. The van der Waals surface area contributed by atoms with Crippen LogP contribution in [0, 0.1) is 0 Å². The van der Waals surface area contributed by atoms with Crippen LogP contribution in [0.15, 0.2) is 12.4 Å². The van der Waals surface area contributed by atoms with Crippen molar-refractivity contribution >= 4 is 17.7 Å². The van der Waals surface area contributed by atoms with Crippen LogP contribution in [0.2, 0.25) is 0 Å². The lowest BCUT2D eigenvalue weighted by molar-refractivity contribution is 0.411. The second-order valence-electron chi connectivity index (χ2n) is 2.72. The first kappa shape index (κ1) is 11.1. The topological polar surface area (TPSA) is 47.0 Å². The lowest BCUT2D eigenvalue weighted by Gasteiger charge is -2.04. The van der Waals surface area contributed by atoms with Gasteiger partial charge in [-0.05, 0) is 18.4 Å². The molecule has 0 unspecified atom stereocenters. The minimum atomic E-state index is 0.659. The SMILES string of the molecule is COc1cnc(NCCCSC)nc1. The number of hydrogen-bond donors (Lipinski definition) is 1. The molecule has 0 fully saturated rings. The first-order valence-electron chi connectivity index (χ1n) is 4.45. The Morgan fingerprint density at radius 2 is 2.14 bits per heavy atom. The van der Waals surface area contributed by atoms with E-state index in [1.165, 1.54) is 0 Å². The predicted octanol–water partition coefficient (Wildman–Crippen LogP) is 1.65. The highest BCUT2D eigenvalue weighted by atomic mass is 32.2. The Kier molecular flexibility index (Phi) is 5.14. The minimum absolute atomic E-state index is 0.659. The molecule has 0 bridgehead atoms. The first-order chi connectivity index (χ1) is 6.86. The van der Waals surface area contributed by atoms with Crippen molar-refractivity contribution in [1.29, 1.82) is 0 Å². The van der Waals surface area contributed by atoms with E-state index < -0.39 is 0 Å². The predicted molar refractivity (Wildman–Crippen MR) is 60.1 cm³/mol. The molecule has 0 aliphatic rings. The van der Waals surface area contributed by atoms with E-state index in [1.54, 1.807) is 19.5 Å². The van der Waals surface area contributed by atoms with Crippen LogP contribution in [0.5, 0.6) is 5.75 Å². The molecule has 1 aromatic rings. The van der Waals surface area contributed by atoms with Crippen molar-refractivity contribution in [2.24, 2.45) is 0 Å². The summed E-state index contributed by atoms with van der Waals surface area (Å²) in [4.78, 5) is 8.19. The zero-order chi connectivity index (χ0) is 10.2. The number of anilines is 1. The van der Waals surface area contributed by atoms with Gasteiger partial charge in [-0.1, -0.05) is 0 Å². The maximum Gasteiger partial charge on any atom is 0.222 e. The molecule has 0 aliphatic heterocycles. The molecule has 78 valence electrons. The van der Waals surface area contributed by atoms with Gasteiger partial charge in [0.25, 0.3) is 0 Å². The Labute approximate surface area is 88.5 Å². The van der Waals surface area contributed by atoms with E-state index in [0.717, 1.165) is 18.7 Å². The number of ether oxygens (including phenoxy) is 1. The summed E-state index contributed by atoms with van der Waals surface area (Å²) in [6, 6.07) is 0. The highest BCUT2D eigenvalue weighted by Crippen LogP contribution is 2.07. The number of nitrogens with zero attached hydrogens (tertiary/aromatic N) is 2. The lowest BCUT2D eigenvalue weighted by Crippen LogP contribution is -2.05. The molecule has 0 atom stereocenters. The van der Waals surface area contributed by atoms with E-state index in [-0.39, 0.29) is 0 Å². The molecule has 0 aliphatic carbocycles. The summed E-state index contributed by atoms with van der Waals surface area (Å²) in [5.74, 6) is 2.50. The van der Waals surface area contributed by atoms with E-state index in [2.05, 4.69) is 21.5 Å². The van der Waals surface area contributed by atoms with E-state index in [4.69, 9.17) is 4.74 Å². The Morgan fingerprint density at radius 3 is 2.71 bits per heavy atom. The monoisotopic (exact) mass is 213 g/mol. The van der Waals surface area contributed by atoms with Crippen molar-refractivity contribution in [3.8, 4) is 5.75 Å². The maximum absolute atomic E-state index is 4.96. The zero-order valence-corrected chi connectivity index (χ0v) is 9.30. The van der Waals surface area contributed by atoms with Crippen LogP contribution in [0.4, 0.5) is 5.95 Å². The summed E-state index contributed by atoms with van der Waals surface area (Å²) < 4.78 is 4.96. The van der Waals surface area contributed by atoms with Gasteiger partial charge < -0.3 is 10.1 Å². The van der Waals surface area contributed by atoms with E-state index in [9.17, 15) is 0 Å². The molecule has 0 aromatic carbocycles. The van der Waals surface area contributed by atoms with Gasteiger partial charge in [0.15, 0.2) is 5.75 Å². The molecule has 0 amide bonds. The fourth-order valence-corrected chi connectivity index (χ4v) is 1.36. The summed E-state index contributed by atoms with van der Waals surface area (Å²) in [7, 11) is 1.60. The third-order valence-corrected chi connectivity index (χ3v) is 2.37. The van der Waals surface area contributed by atoms with Crippen molar-refractivity contribution in [3.05, 3.63) is 12.4 Å². The molecule has 1 N–H and O–H groups in total. The Morgan fingerprint density at radius 1 is 1.43 bits per heavy atom. The van der Waals surface area contributed by atoms with Crippen LogP contribution >= 0.6 is 11.8 Å². The van der Waals surface area contributed by atoms with Crippen molar-refractivity contribution in [3.63, 3.8) is 0 Å². The Bertz CT molecular complexity index is 253. The van der Waals surface area contributed by atoms with Crippen LogP contribution in [0.3, 0.4) is 0 Å². The maximum atomic E-state index is 4.96. The average molecular weight is 213 g/mol. The number of rotatable bonds is 6. The van der Waals surface area contributed by atoms with Gasteiger partial charge in [-0.15, -0.1) is 0 Å². The van der Waals surface area contributed by atoms with Gasteiger partial charge in [0.2, 0.25) is 5.95 Å². The van der Waals surface area contributed by atoms with Crippen molar-refractivity contribution in [2.45, 2.75) is 6.42 Å². The summed E-state index contributed by atoms with van der Waals surface area (Å²) in [5, 5.41) is 3.14. The summed E-state index contributed by atoms with van der Waals surface area (Å²) >= 11 is 1.84. The minimum Gasteiger partial charge on any atom is -0.494 e. The molecule has 5 heteroatoms. The number of aromatic nitrogens is 2. The fourth-order valence-electron chi connectivity index (χ4n) is 0.930. The molecule has 1 heterocycles. The second kappa shape index (κ2) is 6.48. The van der Waals surface area contributed by atoms with Crippen molar-refractivity contribution in [2.75, 3.05) is 31.0 Å². The summed E-state index contributed by atoms with van der Waals surface area (Å²) in [6.45, 7) is 0.910. The zero-order valence-electron chi connectivity index (χ0n) is 8.49. The van der Waals surface area contributed by atoms with Crippen LogP contribution < -0.4 is 10.1 Å². The van der Waals surface area contributed by atoms with Gasteiger partial charge in [0, 0.05) is 6.54 Å². The second-order valence-corrected chi connectivity index (χ2v) is 3.71. The first-order valence-corrected chi connectivity index (χ1v) is 5.85. The molecular formula is C9H15N3OS. The number of hydrogen-bond acceptors (Lipinski definition) is 5. The van der Waals surface area contributed by atoms with E-state index >= 15 is 0 Å². The van der Waals surface area contributed by atoms with Gasteiger partial charge >= 0.3 is 0 Å². The fraction of sp³-hybridized carbons (Fsp3) is 0.556. The molecule has 4 nitrogen and oxygen atoms in total. The molecule has 14 heavy (non-hydrogen) atoms.